The minimum absolute atomic E-state index is 0.00956. The van der Waals surface area contributed by atoms with Crippen molar-refractivity contribution in [1.29, 1.82) is 5.26 Å². The zero-order valence-electron chi connectivity index (χ0n) is 26.5. The highest BCUT2D eigenvalue weighted by atomic mass is 35.5. The Morgan fingerprint density at radius 1 is 1.10 bits per heavy atom. The van der Waals surface area contributed by atoms with Gasteiger partial charge < -0.3 is 25.7 Å². The summed E-state index contributed by atoms with van der Waals surface area (Å²) >= 11 is 8.82. The third kappa shape index (κ3) is 9.92. The van der Waals surface area contributed by atoms with E-state index in [2.05, 4.69) is 15.9 Å². The first-order valence-corrected chi connectivity index (χ1v) is 16.9. The predicted octanol–water partition coefficient (Wildman–Crippen LogP) is 7.19. The third-order valence-electron chi connectivity index (χ3n) is 6.52. The van der Waals surface area contributed by atoms with Crippen LogP contribution in [0.3, 0.4) is 0 Å². The summed E-state index contributed by atoms with van der Waals surface area (Å²) in [6, 6.07) is 15.5. The lowest BCUT2D eigenvalue weighted by Crippen LogP contribution is -2.37. The highest BCUT2D eigenvalue weighted by molar-refractivity contribution is 7.98. The van der Waals surface area contributed by atoms with Crippen molar-refractivity contribution in [2.75, 3.05) is 18.9 Å². The normalized spacial score (nSPS) is 11.6. The van der Waals surface area contributed by atoms with Crippen LogP contribution in [0.2, 0.25) is 5.02 Å². The van der Waals surface area contributed by atoms with E-state index in [1.807, 2.05) is 29.6 Å². The van der Waals surface area contributed by atoms with Gasteiger partial charge in [0.2, 0.25) is 5.69 Å². The molecule has 248 valence electrons. The van der Waals surface area contributed by atoms with E-state index in [-0.39, 0.29) is 43.1 Å². The van der Waals surface area contributed by atoms with Crippen LogP contribution in [0.25, 0.3) is 26.5 Å². The number of thiazole rings is 1. The Balaban J connectivity index is 1.36. The topological polar surface area (TPSA) is 168 Å². The van der Waals surface area contributed by atoms with Crippen LogP contribution >= 0.6 is 34.7 Å². The van der Waals surface area contributed by atoms with E-state index < -0.39 is 23.6 Å². The maximum Gasteiger partial charge on any atom is 0.323 e. The first-order chi connectivity index (χ1) is 22.9. The number of nitrogen functional groups attached to an aromatic ring is 1. The van der Waals surface area contributed by atoms with Gasteiger partial charge in [0.05, 0.1) is 17.8 Å². The molecule has 0 bridgehead atoms. The van der Waals surface area contributed by atoms with Gasteiger partial charge in [0, 0.05) is 33.7 Å². The molecule has 14 heteroatoms. The number of rotatable bonds is 13. The van der Waals surface area contributed by atoms with Crippen LogP contribution in [-0.2, 0) is 24.8 Å². The molecular formula is C34H33ClN6O5S2. The molecule has 2 aromatic carbocycles. The Morgan fingerprint density at radius 3 is 2.44 bits per heavy atom. The molecule has 0 aliphatic heterocycles. The van der Waals surface area contributed by atoms with E-state index in [0.717, 1.165) is 16.3 Å². The number of aromatic nitrogens is 2. The van der Waals surface area contributed by atoms with Gasteiger partial charge in [0.1, 0.15) is 52.5 Å². The number of nitrogens with zero attached hydrogens (tertiary/aromatic N) is 4. The second-order valence-corrected chi connectivity index (χ2v) is 13.6. The Kier molecular flexibility index (Phi) is 12.4. The fourth-order valence-corrected chi connectivity index (χ4v) is 6.23. The maximum atomic E-state index is 12.1. The third-order valence-corrected chi connectivity index (χ3v) is 8.72. The molecule has 11 nitrogen and oxygen atoms in total. The Bertz CT molecular complexity index is 1840. The van der Waals surface area contributed by atoms with Gasteiger partial charge in [0.15, 0.2) is 0 Å². The average molecular weight is 705 g/mol. The number of hydrogen-bond acceptors (Lipinski definition) is 12. The minimum atomic E-state index is -0.922. The monoisotopic (exact) mass is 704 g/mol. The highest BCUT2D eigenvalue weighted by Crippen LogP contribution is 2.42. The van der Waals surface area contributed by atoms with Crippen LogP contribution in [0.4, 0.5) is 11.5 Å². The average Bonchev–Trinajstić information content (AvgIpc) is 3.53. The molecule has 0 amide bonds. The summed E-state index contributed by atoms with van der Waals surface area (Å²) in [5, 5.41) is 14.0. The number of benzene rings is 2. The second-order valence-electron chi connectivity index (χ2n) is 11.3. The molecule has 0 fully saturated rings. The smallest absolute Gasteiger partial charge is 0.323 e. The van der Waals surface area contributed by atoms with E-state index in [0.29, 0.717) is 32.7 Å². The van der Waals surface area contributed by atoms with Gasteiger partial charge in [-0.2, -0.15) is 5.26 Å². The highest BCUT2D eigenvalue weighted by Gasteiger charge is 2.23. The number of hydrogen-bond donors (Lipinski definition) is 2. The number of anilines is 1. The first-order valence-electron chi connectivity index (χ1n) is 14.7. The number of ether oxygens (including phenoxy) is 3. The van der Waals surface area contributed by atoms with Crippen LogP contribution in [-0.4, -0.2) is 46.8 Å². The number of esters is 2. The summed E-state index contributed by atoms with van der Waals surface area (Å²) in [5.74, 6) is -0.131. The van der Waals surface area contributed by atoms with Crippen LogP contribution in [0.1, 0.15) is 44.9 Å². The predicted molar refractivity (Wildman–Crippen MR) is 187 cm³/mol. The van der Waals surface area contributed by atoms with Crippen LogP contribution in [0, 0.1) is 17.9 Å². The summed E-state index contributed by atoms with van der Waals surface area (Å²) in [5.41, 5.74) is 14.4. The second kappa shape index (κ2) is 16.4. The molecule has 0 unspecified atom stereocenters. The van der Waals surface area contributed by atoms with E-state index in [9.17, 15) is 14.9 Å². The van der Waals surface area contributed by atoms with Crippen molar-refractivity contribution < 1.29 is 23.8 Å². The molecule has 0 spiro atoms. The number of carbonyl (C=O) groups is 2. The lowest BCUT2D eigenvalue weighted by molar-refractivity contribution is -0.156. The van der Waals surface area contributed by atoms with Gasteiger partial charge in [-0.1, -0.05) is 47.6 Å². The zero-order valence-corrected chi connectivity index (χ0v) is 28.9. The van der Waals surface area contributed by atoms with Crippen molar-refractivity contribution in [3.8, 4) is 33.5 Å². The van der Waals surface area contributed by atoms with Crippen molar-refractivity contribution in [1.82, 2.24) is 9.97 Å². The molecule has 2 heterocycles. The summed E-state index contributed by atoms with van der Waals surface area (Å²) < 4.78 is 16.1. The molecule has 0 aliphatic carbocycles. The standard InChI is InChI=1S/C34H33ClN6O5S2/c1-34(2,3)46-33(43)26(37)13-14-27(42)45-16-15-44-24-11-7-20(8-12-24)28-25(17-36)32(41-30(38)29(28)39-4)48-19-23-18-47-31(40-23)21-5-9-22(35)10-6-21/h5-12,18,26H,13-16,19,37H2,1-3H3,(H2,38,41)/t26-/m0/s1. The number of thioether (sulfide) groups is 1. The van der Waals surface area contributed by atoms with E-state index >= 15 is 0 Å². The molecule has 4 N–H and O–H groups in total. The number of nitrogens with two attached hydrogens (primary N) is 2. The van der Waals surface area contributed by atoms with Gasteiger partial charge in [-0.05, 0) is 57.0 Å². The van der Waals surface area contributed by atoms with E-state index in [1.165, 1.54) is 23.1 Å². The quantitative estimate of drug-likeness (QED) is 0.0625. The minimum Gasteiger partial charge on any atom is -0.490 e. The first kappa shape index (κ1) is 36.2. The maximum absolute atomic E-state index is 12.1. The van der Waals surface area contributed by atoms with Gasteiger partial charge in [-0.25, -0.2) is 14.8 Å². The summed E-state index contributed by atoms with van der Waals surface area (Å²) in [6.45, 7) is 13.0. The molecule has 0 radical (unpaired) electrons. The largest absolute Gasteiger partial charge is 0.490 e. The van der Waals surface area contributed by atoms with E-state index in [4.69, 9.17) is 48.8 Å². The number of nitriles is 1. The molecule has 0 saturated heterocycles. The van der Waals surface area contributed by atoms with Gasteiger partial charge in [-0.15, -0.1) is 11.3 Å². The van der Waals surface area contributed by atoms with Crippen molar-refractivity contribution in [3.05, 3.63) is 81.6 Å². The summed E-state index contributed by atoms with van der Waals surface area (Å²) in [7, 11) is 0. The van der Waals surface area contributed by atoms with Crippen molar-refractivity contribution >= 4 is 58.1 Å². The van der Waals surface area contributed by atoms with Crippen molar-refractivity contribution in [2.45, 2.75) is 56.0 Å². The number of pyridine rings is 1. The van der Waals surface area contributed by atoms with Gasteiger partial charge >= 0.3 is 11.9 Å². The lowest BCUT2D eigenvalue weighted by atomic mass is 10.00. The molecular weight excluding hydrogens is 672 g/mol. The molecule has 4 aromatic rings. The molecule has 48 heavy (non-hydrogen) atoms. The Labute approximate surface area is 292 Å². The fourth-order valence-electron chi connectivity index (χ4n) is 4.29. The van der Waals surface area contributed by atoms with Gasteiger partial charge in [-0.3, -0.25) is 9.59 Å². The van der Waals surface area contributed by atoms with E-state index in [1.54, 1.807) is 45.0 Å². The molecule has 4 rings (SSSR count). The van der Waals surface area contributed by atoms with Crippen molar-refractivity contribution in [3.63, 3.8) is 0 Å². The Morgan fingerprint density at radius 2 is 1.79 bits per heavy atom. The summed E-state index contributed by atoms with van der Waals surface area (Å²) in [4.78, 5) is 36.7. The Hall–Kier alpha value is -4.66. The zero-order chi connectivity index (χ0) is 34.8. The van der Waals surface area contributed by atoms with Gasteiger partial charge in [0.25, 0.3) is 0 Å². The number of halogens is 1. The van der Waals surface area contributed by atoms with Crippen LogP contribution in [0.15, 0.2) is 58.9 Å². The van der Waals surface area contributed by atoms with Crippen LogP contribution in [0.5, 0.6) is 5.75 Å². The van der Waals surface area contributed by atoms with Crippen molar-refractivity contribution in [2.24, 2.45) is 5.73 Å². The molecule has 1 atom stereocenters. The molecule has 0 aliphatic rings. The molecule has 0 saturated carbocycles. The summed E-state index contributed by atoms with van der Waals surface area (Å²) in [6.07, 6.45) is 0.0620. The SMILES string of the molecule is [C-]#[N+]c1c(N)nc(SCc2csc(-c3ccc(Cl)cc3)n2)c(C#N)c1-c1ccc(OCCOC(=O)CC[C@H](N)C(=O)OC(C)(C)C)cc1. The van der Waals surface area contributed by atoms with Crippen LogP contribution < -0.4 is 16.2 Å². The number of carbonyl (C=O) groups excluding carboxylic acids is 2. The fraction of sp³-hybridized carbons (Fsp3) is 0.294. The molecule has 2 aromatic heterocycles. The lowest BCUT2D eigenvalue weighted by Gasteiger charge is -2.22.